The van der Waals surface area contributed by atoms with Gasteiger partial charge in [0.15, 0.2) is 0 Å². The number of nitrogens with zero attached hydrogens (tertiary/aromatic N) is 3. The van der Waals surface area contributed by atoms with Crippen LogP contribution in [0.15, 0.2) is 48.7 Å². The van der Waals surface area contributed by atoms with Crippen LogP contribution < -0.4 is 10.5 Å². The van der Waals surface area contributed by atoms with Crippen LogP contribution in [0.3, 0.4) is 0 Å². The van der Waals surface area contributed by atoms with Gasteiger partial charge < -0.3 is 15.0 Å². The molecule has 5 nitrogen and oxygen atoms in total. The number of para-hydroxylation sites is 2. The monoisotopic (exact) mass is 374 g/mol. The van der Waals surface area contributed by atoms with E-state index in [-0.39, 0.29) is 0 Å². The molecule has 2 heterocycles. The van der Waals surface area contributed by atoms with Gasteiger partial charge in [0.05, 0.1) is 22.9 Å². The van der Waals surface area contributed by atoms with Crippen LogP contribution in [-0.2, 0) is 13.0 Å². The molecular formula is C23H26N4O. The van der Waals surface area contributed by atoms with Crippen LogP contribution >= 0.6 is 0 Å². The Morgan fingerprint density at radius 2 is 1.93 bits per heavy atom. The van der Waals surface area contributed by atoms with Crippen molar-refractivity contribution in [3.8, 4) is 11.5 Å². The van der Waals surface area contributed by atoms with Crippen LogP contribution in [0.5, 0.6) is 11.5 Å². The summed E-state index contributed by atoms with van der Waals surface area (Å²) in [5.74, 6) is 3.05. The molecule has 0 fully saturated rings. The summed E-state index contributed by atoms with van der Waals surface area (Å²) < 4.78 is 8.34. The normalized spacial score (nSPS) is 11.6. The summed E-state index contributed by atoms with van der Waals surface area (Å²) in [5, 5.41) is 1.10. The number of aromatic nitrogens is 3. The van der Waals surface area contributed by atoms with Gasteiger partial charge in [-0.05, 0) is 36.6 Å². The van der Waals surface area contributed by atoms with Gasteiger partial charge in [-0.25, -0.2) is 4.98 Å². The van der Waals surface area contributed by atoms with E-state index in [1.54, 1.807) is 0 Å². The van der Waals surface area contributed by atoms with Gasteiger partial charge >= 0.3 is 0 Å². The first-order valence-corrected chi connectivity index (χ1v) is 9.87. The van der Waals surface area contributed by atoms with Crippen molar-refractivity contribution in [3.05, 3.63) is 54.5 Å². The van der Waals surface area contributed by atoms with Crippen molar-refractivity contribution >= 4 is 27.6 Å². The van der Waals surface area contributed by atoms with E-state index in [2.05, 4.69) is 36.4 Å². The van der Waals surface area contributed by atoms with Gasteiger partial charge in [0, 0.05) is 24.4 Å². The van der Waals surface area contributed by atoms with E-state index in [1.165, 1.54) is 0 Å². The van der Waals surface area contributed by atoms with E-state index in [1.807, 2.05) is 42.6 Å². The van der Waals surface area contributed by atoms with Gasteiger partial charge in [-0.3, -0.25) is 4.98 Å². The molecule has 0 spiro atoms. The van der Waals surface area contributed by atoms with E-state index < -0.39 is 0 Å². The van der Waals surface area contributed by atoms with Gasteiger partial charge in [0.1, 0.15) is 22.8 Å². The lowest BCUT2D eigenvalue weighted by Gasteiger charge is -2.13. The summed E-state index contributed by atoms with van der Waals surface area (Å²) in [6, 6.07) is 13.5. The van der Waals surface area contributed by atoms with Crippen LogP contribution in [0, 0.1) is 5.92 Å². The summed E-state index contributed by atoms with van der Waals surface area (Å²) in [6.07, 6.45) is 3.91. The number of benzene rings is 2. The van der Waals surface area contributed by atoms with E-state index in [0.717, 1.165) is 52.9 Å². The van der Waals surface area contributed by atoms with E-state index in [4.69, 9.17) is 15.5 Å². The first-order valence-electron chi connectivity index (χ1n) is 9.87. The Bertz CT molecular complexity index is 1130. The lowest BCUT2D eigenvalue weighted by molar-refractivity contribution is 0.485. The van der Waals surface area contributed by atoms with Crippen molar-refractivity contribution in [2.24, 2.45) is 5.92 Å². The van der Waals surface area contributed by atoms with E-state index in [9.17, 15) is 0 Å². The molecule has 144 valence electrons. The predicted molar refractivity (Wildman–Crippen MR) is 115 cm³/mol. The number of hydrogen-bond donors (Lipinski definition) is 1. The summed E-state index contributed by atoms with van der Waals surface area (Å²) in [4.78, 5) is 9.50. The van der Waals surface area contributed by atoms with Crippen molar-refractivity contribution in [3.63, 3.8) is 0 Å². The molecule has 2 N–H and O–H groups in total. The second kappa shape index (κ2) is 7.50. The number of imidazole rings is 1. The SMILES string of the molecule is CCCc1nc2cnc3cc(Oc4ccccc4N)ccc3c2n1CC(C)C. The lowest BCUT2D eigenvalue weighted by Crippen LogP contribution is -2.08. The number of nitrogens with two attached hydrogens (primary N) is 1. The minimum absolute atomic E-state index is 0.542. The van der Waals surface area contributed by atoms with Gasteiger partial charge in [-0.1, -0.05) is 32.9 Å². The fourth-order valence-electron chi connectivity index (χ4n) is 3.58. The zero-order valence-corrected chi connectivity index (χ0v) is 16.6. The summed E-state index contributed by atoms with van der Waals surface area (Å²) in [7, 11) is 0. The highest BCUT2D eigenvalue weighted by Gasteiger charge is 2.15. The molecule has 0 atom stereocenters. The average molecular weight is 374 g/mol. The lowest BCUT2D eigenvalue weighted by atomic mass is 10.1. The molecule has 0 saturated carbocycles. The van der Waals surface area contributed by atoms with Crippen molar-refractivity contribution in [1.29, 1.82) is 0 Å². The van der Waals surface area contributed by atoms with E-state index in [0.29, 0.717) is 17.4 Å². The highest BCUT2D eigenvalue weighted by atomic mass is 16.5. The number of hydrogen-bond acceptors (Lipinski definition) is 4. The zero-order chi connectivity index (χ0) is 19.7. The highest BCUT2D eigenvalue weighted by molar-refractivity contribution is 6.02. The minimum atomic E-state index is 0.542. The molecule has 0 saturated heterocycles. The van der Waals surface area contributed by atoms with Gasteiger partial charge in [0.2, 0.25) is 0 Å². The Balaban J connectivity index is 1.82. The molecule has 2 aromatic heterocycles. The second-order valence-electron chi connectivity index (χ2n) is 7.59. The number of nitrogen functional groups attached to an aromatic ring is 1. The maximum atomic E-state index is 6.00. The van der Waals surface area contributed by atoms with Crippen LogP contribution in [0.4, 0.5) is 5.69 Å². The molecule has 28 heavy (non-hydrogen) atoms. The van der Waals surface area contributed by atoms with Gasteiger partial charge in [-0.15, -0.1) is 0 Å². The molecule has 0 aliphatic carbocycles. The number of rotatable bonds is 6. The topological polar surface area (TPSA) is 66.0 Å². The first kappa shape index (κ1) is 18.3. The molecule has 0 bridgehead atoms. The number of anilines is 1. The Morgan fingerprint density at radius 3 is 2.68 bits per heavy atom. The molecule has 4 rings (SSSR count). The molecule has 5 heteroatoms. The second-order valence-corrected chi connectivity index (χ2v) is 7.59. The number of aryl methyl sites for hydroxylation is 1. The van der Waals surface area contributed by atoms with Crippen molar-refractivity contribution in [2.45, 2.75) is 40.2 Å². The van der Waals surface area contributed by atoms with Crippen LogP contribution in [-0.4, -0.2) is 14.5 Å². The molecule has 2 aromatic carbocycles. The molecule has 0 radical (unpaired) electrons. The smallest absolute Gasteiger partial charge is 0.150 e. The standard InChI is InChI=1S/C23H26N4O/c1-4-7-22-26-20-13-25-19-12-16(28-21-9-6-5-8-18(21)24)10-11-17(19)23(20)27(22)14-15(2)3/h5-6,8-13,15H,4,7,14,24H2,1-3H3. The largest absolute Gasteiger partial charge is 0.455 e. The molecular weight excluding hydrogens is 348 g/mol. The maximum absolute atomic E-state index is 6.00. The molecule has 0 aliphatic rings. The third-order valence-corrected chi connectivity index (χ3v) is 4.79. The fraction of sp³-hybridized carbons (Fsp3) is 0.304. The Morgan fingerprint density at radius 1 is 1.11 bits per heavy atom. The Labute approximate surface area is 165 Å². The van der Waals surface area contributed by atoms with Crippen LogP contribution in [0.1, 0.15) is 33.0 Å². The fourth-order valence-corrected chi connectivity index (χ4v) is 3.58. The summed E-state index contributed by atoms with van der Waals surface area (Å²) >= 11 is 0. The summed E-state index contributed by atoms with van der Waals surface area (Å²) in [5.41, 5.74) is 9.63. The number of pyridine rings is 1. The highest BCUT2D eigenvalue weighted by Crippen LogP contribution is 2.32. The first-order chi connectivity index (χ1) is 13.6. The van der Waals surface area contributed by atoms with Crippen molar-refractivity contribution in [1.82, 2.24) is 14.5 Å². The average Bonchev–Trinajstić information content (AvgIpc) is 3.01. The minimum Gasteiger partial charge on any atom is -0.455 e. The van der Waals surface area contributed by atoms with Gasteiger partial charge in [-0.2, -0.15) is 0 Å². The quantitative estimate of drug-likeness (QED) is 0.448. The number of fused-ring (bicyclic) bond motifs is 3. The van der Waals surface area contributed by atoms with Gasteiger partial charge in [0.25, 0.3) is 0 Å². The maximum Gasteiger partial charge on any atom is 0.150 e. The predicted octanol–water partition coefficient (Wildman–Crippen LogP) is 5.57. The Kier molecular flexibility index (Phi) is 4.90. The molecule has 0 amide bonds. The molecule has 0 aliphatic heterocycles. The van der Waals surface area contributed by atoms with Crippen LogP contribution in [0.25, 0.3) is 21.9 Å². The molecule has 0 unspecified atom stereocenters. The number of ether oxygens (including phenoxy) is 1. The van der Waals surface area contributed by atoms with Crippen LogP contribution in [0.2, 0.25) is 0 Å². The Hall–Kier alpha value is -3.08. The molecule has 4 aromatic rings. The third kappa shape index (κ3) is 3.40. The van der Waals surface area contributed by atoms with Crippen molar-refractivity contribution < 1.29 is 4.74 Å². The summed E-state index contributed by atoms with van der Waals surface area (Å²) in [6.45, 7) is 7.61. The third-order valence-electron chi connectivity index (χ3n) is 4.79. The zero-order valence-electron chi connectivity index (χ0n) is 16.6. The van der Waals surface area contributed by atoms with E-state index >= 15 is 0 Å². The van der Waals surface area contributed by atoms with Crippen molar-refractivity contribution in [2.75, 3.05) is 5.73 Å².